The van der Waals surface area contributed by atoms with Crippen LogP contribution in [-0.4, -0.2) is 55.3 Å². The molecule has 0 amide bonds. The Morgan fingerprint density at radius 2 is 2.08 bits per heavy atom. The summed E-state index contributed by atoms with van der Waals surface area (Å²) in [6.45, 7) is 6.08. The Morgan fingerprint density at radius 1 is 1.33 bits per heavy atom. The number of nitrogens with one attached hydrogen (secondary N) is 1. The Kier molecular flexibility index (Phi) is 6.60. The number of hydrogen-bond acceptors (Lipinski definition) is 6. The molecule has 2 heterocycles. The van der Waals surface area contributed by atoms with Crippen LogP contribution in [0.25, 0.3) is 11.5 Å². The monoisotopic (exact) mass is 351 g/mol. The normalized spacial score (nSPS) is 18.2. The van der Waals surface area contributed by atoms with Crippen LogP contribution in [0, 0.1) is 0 Å². The molecule has 1 aliphatic rings. The Labute approximate surface area is 149 Å². The molecule has 1 aliphatic heterocycles. The van der Waals surface area contributed by atoms with Gasteiger partial charge in [-0.1, -0.05) is 12.1 Å². The van der Waals surface area contributed by atoms with E-state index in [0.29, 0.717) is 5.89 Å². The number of aromatic nitrogens is 2. The SMILES string of the molecule is CCCN(C)c1ccc(-c2nc(C3CNCCN3C)no2)cc1.Cl. The zero-order valence-electron chi connectivity index (χ0n) is 14.5. The lowest BCUT2D eigenvalue weighted by Gasteiger charge is -2.30. The zero-order valence-corrected chi connectivity index (χ0v) is 15.3. The quantitative estimate of drug-likeness (QED) is 0.893. The van der Waals surface area contributed by atoms with E-state index in [9.17, 15) is 0 Å². The second-order valence-electron chi connectivity index (χ2n) is 6.13. The first-order valence-electron chi connectivity index (χ1n) is 8.25. The van der Waals surface area contributed by atoms with Gasteiger partial charge in [0, 0.05) is 44.5 Å². The maximum absolute atomic E-state index is 5.47. The predicted octanol–water partition coefficient (Wildman–Crippen LogP) is 2.58. The summed E-state index contributed by atoms with van der Waals surface area (Å²) in [5.41, 5.74) is 2.16. The van der Waals surface area contributed by atoms with E-state index in [2.05, 4.69) is 58.4 Å². The highest BCUT2D eigenvalue weighted by Crippen LogP contribution is 2.24. The molecule has 1 aromatic heterocycles. The van der Waals surface area contributed by atoms with Gasteiger partial charge in [0.05, 0.1) is 6.04 Å². The topological polar surface area (TPSA) is 57.4 Å². The Hall–Kier alpha value is -1.63. The molecular weight excluding hydrogens is 326 g/mol. The number of piperazine rings is 1. The third-order valence-corrected chi connectivity index (χ3v) is 4.36. The predicted molar refractivity (Wildman–Crippen MR) is 98.8 cm³/mol. The third-order valence-electron chi connectivity index (χ3n) is 4.36. The van der Waals surface area contributed by atoms with Crippen molar-refractivity contribution in [1.29, 1.82) is 0 Å². The zero-order chi connectivity index (χ0) is 16.2. The minimum atomic E-state index is 0. The van der Waals surface area contributed by atoms with Gasteiger partial charge in [-0.05, 0) is 37.7 Å². The molecule has 0 aliphatic carbocycles. The molecule has 1 saturated heterocycles. The molecule has 132 valence electrons. The highest BCUT2D eigenvalue weighted by Gasteiger charge is 2.25. The first kappa shape index (κ1) is 18.7. The molecule has 1 N–H and O–H groups in total. The van der Waals surface area contributed by atoms with Crippen molar-refractivity contribution in [2.75, 3.05) is 45.2 Å². The van der Waals surface area contributed by atoms with Gasteiger partial charge in [-0.2, -0.15) is 4.98 Å². The van der Waals surface area contributed by atoms with Gasteiger partial charge in [-0.15, -0.1) is 12.4 Å². The molecule has 3 rings (SSSR count). The van der Waals surface area contributed by atoms with Crippen LogP contribution in [0.15, 0.2) is 28.8 Å². The Morgan fingerprint density at radius 3 is 2.75 bits per heavy atom. The largest absolute Gasteiger partial charge is 0.375 e. The van der Waals surface area contributed by atoms with Crippen LogP contribution in [0.5, 0.6) is 0 Å². The number of rotatable bonds is 5. The van der Waals surface area contributed by atoms with Gasteiger partial charge in [-0.3, -0.25) is 4.90 Å². The number of benzene rings is 1. The molecule has 1 atom stereocenters. The molecule has 2 aromatic rings. The summed E-state index contributed by atoms with van der Waals surface area (Å²) in [6, 6.07) is 8.46. The summed E-state index contributed by atoms with van der Waals surface area (Å²) in [7, 11) is 4.20. The second kappa shape index (κ2) is 8.46. The van der Waals surface area contributed by atoms with Gasteiger partial charge >= 0.3 is 0 Å². The maximum atomic E-state index is 5.47. The van der Waals surface area contributed by atoms with E-state index in [1.54, 1.807) is 0 Å². The molecule has 0 bridgehead atoms. The van der Waals surface area contributed by atoms with Crippen molar-refractivity contribution in [3.8, 4) is 11.5 Å². The fraction of sp³-hybridized carbons (Fsp3) is 0.529. The third kappa shape index (κ3) is 4.06. The lowest BCUT2D eigenvalue weighted by molar-refractivity contribution is 0.190. The van der Waals surface area contributed by atoms with Crippen LogP contribution in [0.4, 0.5) is 5.69 Å². The minimum Gasteiger partial charge on any atom is -0.375 e. The second-order valence-corrected chi connectivity index (χ2v) is 6.13. The van der Waals surface area contributed by atoms with E-state index in [-0.39, 0.29) is 18.4 Å². The number of likely N-dealkylation sites (N-methyl/N-ethyl adjacent to an activating group) is 1. The summed E-state index contributed by atoms with van der Waals surface area (Å²) in [6.07, 6.45) is 1.13. The van der Waals surface area contributed by atoms with Crippen LogP contribution < -0.4 is 10.2 Å². The van der Waals surface area contributed by atoms with Crippen molar-refractivity contribution in [2.24, 2.45) is 0 Å². The van der Waals surface area contributed by atoms with Gasteiger partial charge in [0.25, 0.3) is 5.89 Å². The summed E-state index contributed by atoms with van der Waals surface area (Å²) >= 11 is 0. The summed E-state index contributed by atoms with van der Waals surface area (Å²) < 4.78 is 5.47. The van der Waals surface area contributed by atoms with Crippen molar-refractivity contribution < 1.29 is 4.52 Å². The van der Waals surface area contributed by atoms with Crippen LogP contribution >= 0.6 is 12.4 Å². The molecule has 0 radical (unpaired) electrons. The molecule has 1 unspecified atom stereocenters. The number of anilines is 1. The van der Waals surface area contributed by atoms with Crippen molar-refractivity contribution in [1.82, 2.24) is 20.4 Å². The molecule has 1 fully saturated rings. The van der Waals surface area contributed by atoms with Gasteiger partial charge in [-0.25, -0.2) is 0 Å². The number of hydrogen-bond donors (Lipinski definition) is 1. The fourth-order valence-corrected chi connectivity index (χ4v) is 2.90. The lowest BCUT2D eigenvalue weighted by atomic mass is 10.2. The van der Waals surface area contributed by atoms with Gasteiger partial charge in [0.2, 0.25) is 0 Å². The minimum absolute atomic E-state index is 0. The van der Waals surface area contributed by atoms with Crippen LogP contribution in [-0.2, 0) is 0 Å². The molecule has 1 aromatic carbocycles. The first-order valence-corrected chi connectivity index (χ1v) is 8.25. The highest BCUT2D eigenvalue weighted by atomic mass is 35.5. The average Bonchev–Trinajstić information content (AvgIpc) is 3.05. The Balaban J connectivity index is 0.00000208. The summed E-state index contributed by atoms with van der Waals surface area (Å²) in [5, 5.41) is 7.55. The smallest absolute Gasteiger partial charge is 0.257 e. The van der Waals surface area contributed by atoms with E-state index < -0.39 is 0 Å². The van der Waals surface area contributed by atoms with Crippen LogP contribution in [0.3, 0.4) is 0 Å². The molecule has 0 saturated carbocycles. The summed E-state index contributed by atoms with van der Waals surface area (Å²) in [4.78, 5) is 9.09. The van der Waals surface area contributed by atoms with Gasteiger partial charge in [0.1, 0.15) is 0 Å². The van der Waals surface area contributed by atoms with E-state index in [1.807, 2.05) is 12.1 Å². The summed E-state index contributed by atoms with van der Waals surface area (Å²) in [5.74, 6) is 1.34. The molecular formula is C17H26ClN5O. The van der Waals surface area contributed by atoms with Crippen molar-refractivity contribution in [3.63, 3.8) is 0 Å². The Bertz CT molecular complexity index is 630. The number of nitrogens with zero attached hydrogens (tertiary/aromatic N) is 4. The van der Waals surface area contributed by atoms with E-state index >= 15 is 0 Å². The maximum Gasteiger partial charge on any atom is 0.257 e. The molecule has 7 heteroatoms. The molecule has 0 spiro atoms. The van der Waals surface area contributed by atoms with Crippen molar-refractivity contribution in [2.45, 2.75) is 19.4 Å². The first-order chi connectivity index (χ1) is 11.2. The van der Waals surface area contributed by atoms with Crippen molar-refractivity contribution in [3.05, 3.63) is 30.1 Å². The van der Waals surface area contributed by atoms with Crippen LogP contribution in [0.1, 0.15) is 25.2 Å². The van der Waals surface area contributed by atoms with Gasteiger partial charge in [0.15, 0.2) is 5.82 Å². The lowest BCUT2D eigenvalue weighted by Crippen LogP contribution is -2.44. The van der Waals surface area contributed by atoms with E-state index in [0.717, 1.165) is 44.0 Å². The van der Waals surface area contributed by atoms with E-state index in [4.69, 9.17) is 4.52 Å². The van der Waals surface area contributed by atoms with Crippen molar-refractivity contribution >= 4 is 18.1 Å². The fourth-order valence-electron chi connectivity index (χ4n) is 2.90. The standard InChI is InChI=1S/C17H25N5O.ClH/c1-4-10-21(2)14-7-5-13(6-8-14)17-19-16(20-23-17)15-12-18-9-11-22(15)3;/h5-8,15,18H,4,9-12H2,1-3H3;1H. The number of halogens is 1. The molecule has 6 nitrogen and oxygen atoms in total. The van der Waals surface area contributed by atoms with E-state index in [1.165, 1.54) is 5.69 Å². The highest BCUT2D eigenvalue weighted by molar-refractivity contribution is 5.85. The van der Waals surface area contributed by atoms with Gasteiger partial charge < -0.3 is 14.7 Å². The average molecular weight is 352 g/mol. The molecule has 24 heavy (non-hydrogen) atoms. The van der Waals surface area contributed by atoms with Crippen LogP contribution in [0.2, 0.25) is 0 Å².